The van der Waals surface area contributed by atoms with E-state index >= 15 is 0 Å². The molecule has 3 aromatic carbocycles. The number of carbonyl (C=O) groups excluding carboxylic acids is 4. The summed E-state index contributed by atoms with van der Waals surface area (Å²) in [7, 11) is 0. The Kier molecular flexibility index (Phi) is 13.1. The third-order valence-corrected chi connectivity index (χ3v) is 9.61. The molecule has 2 fully saturated rings. The van der Waals surface area contributed by atoms with Crippen LogP contribution < -0.4 is 10.6 Å². The number of carbonyl (C=O) groups is 4. The molecule has 4 amide bonds. The van der Waals surface area contributed by atoms with Crippen LogP contribution in [0, 0.1) is 5.92 Å². The highest BCUT2D eigenvalue weighted by atomic mass is 16.6. The van der Waals surface area contributed by atoms with Gasteiger partial charge in [-0.3, -0.25) is 9.59 Å². The lowest BCUT2D eigenvalue weighted by Gasteiger charge is -2.39. The van der Waals surface area contributed by atoms with Crippen molar-refractivity contribution in [3.63, 3.8) is 0 Å². The lowest BCUT2D eigenvalue weighted by molar-refractivity contribution is -0.144. The Bertz CT molecular complexity index is 1530. The van der Waals surface area contributed by atoms with Crippen LogP contribution in [0.1, 0.15) is 81.9 Å². The first kappa shape index (κ1) is 37.4. The quantitative estimate of drug-likeness (QED) is 0.232. The lowest BCUT2D eigenvalue weighted by atomic mass is 9.83. The zero-order valence-electron chi connectivity index (χ0n) is 30.1. The molecular weight excluding hydrogens is 644 g/mol. The van der Waals surface area contributed by atoms with E-state index in [9.17, 15) is 19.2 Å². The summed E-state index contributed by atoms with van der Waals surface area (Å²) in [5, 5.41) is 6.03. The van der Waals surface area contributed by atoms with Gasteiger partial charge in [-0.05, 0) is 81.9 Å². The van der Waals surface area contributed by atoms with E-state index in [4.69, 9.17) is 9.47 Å². The monoisotopic (exact) mass is 696 g/mol. The van der Waals surface area contributed by atoms with Gasteiger partial charge in [-0.15, -0.1) is 0 Å². The Morgan fingerprint density at radius 1 is 0.784 bits per heavy atom. The molecule has 2 heterocycles. The molecule has 2 aliphatic heterocycles. The maximum atomic E-state index is 14.7. The average Bonchev–Trinajstić information content (AvgIpc) is 3.14. The zero-order valence-corrected chi connectivity index (χ0v) is 30.1. The van der Waals surface area contributed by atoms with E-state index in [0.29, 0.717) is 38.5 Å². The number of alkyl carbamates (subject to hydrolysis) is 1. The second-order valence-electron chi connectivity index (χ2n) is 14.5. The fourth-order valence-electron chi connectivity index (χ4n) is 7.00. The molecule has 0 aromatic heterocycles. The maximum Gasteiger partial charge on any atom is 0.410 e. The standard InChI is InChI=1S/C41H52N4O6/c1-41(2,3)51-39(48)43-36(35(32-17-9-5-10-18-32)33-19-11-6-12-20-33)38(47)45-26-14-13-21-34(45)37(46)42-25-22-30-23-27-44(28-24-30)40(49)50-29-31-15-7-4-8-16-31/h4-12,15-20,30,34-36H,13-14,21-29H2,1-3H3,(H,42,46)(H,43,48)/t34-,36+/m0/s1. The van der Waals surface area contributed by atoms with Crippen LogP contribution in [0.4, 0.5) is 9.59 Å². The SMILES string of the molecule is CC(C)(C)OC(=O)N[C@@H](C(=O)N1CCCC[C@H]1C(=O)NCCC1CCN(C(=O)OCc2ccccc2)CC1)C(c1ccccc1)c1ccccc1. The summed E-state index contributed by atoms with van der Waals surface area (Å²) in [4.78, 5) is 57.7. The molecule has 0 radical (unpaired) electrons. The molecule has 2 N–H and O–H groups in total. The molecule has 3 aromatic rings. The molecule has 0 saturated carbocycles. The van der Waals surface area contributed by atoms with Gasteiger partial charge in [0.1, 0.15) is 24.3 Å². The van der Waals surface area contributed by atoms with Crippen LogP contribution in [0.2, 0.25) is 0 Å². The van der Waals surface area contributed by atoms with Crippen LogP contribution in [0.15, 0.2) is 91.0 Å². The van der Waals surface area contributed by atoms with E-state index in [2.05, 4.69) is 10.6 Å². The van der Waals surface area contributed by atoms with Gasteiger partial charge in [0.05, 0.1) is 0 Å². The largest absolute Gasteiger partial charge is 0.445 e. The summed E-state index contributed by atoms with van der Waals surface area (Å²) in [6.07, 6.45) is 3.60. The minimum atomic E-state index is -1.01. The number of ether oxygens (including phenoxy) is 2. The van der Waals surface area contributed by atoms with Crippen LogP contribution in [-0.2, 0) is 25.7 Å². The summed E-state index contributed by atoms with van der Waals surface area (Å²) in [5.74, 6) is -0.645. The first-order valence-electron chi connectivity index (χ1n) is 18.2. The molecule has 5 rings (SSSR count). The van der Waals surface area contributed by atoms with E-state index in [1.54, 1.807) is 30.6 Å². The van der Waals surface area contributed by atoms with Crippen molar-refractivity contribution in [3.8, 4) is 0 Å². The van der Waals surface area contributed by atoms with Crippen LogP contribution in [0.25, 0.3) is 0 Å². The molecule has 2 aliphatic rings. The first-order chi connectivity index (χ1) is 24.6. The summed E-state index contributed by atoms with van der Waals surface area (Å²) >= 11 is 0. The second kappa shape index (κ2) is 17.9. The molecule has 2 atom stereocenters. The van der Waals surface area contributed by atoms with E-state index in [0.717, 1.165) is 48.8 Å². The van der Waals surface area contributed by atoms with Crippen molar-refractivity contribution in [1.82, 2.24) is 20.4 Å². The smallest absolute Gasteiger partial charge is 0.410 e. The highest BCUT2D eigenvalue weighted by molar-refractivity contribution is 5.92. The molecule has 2 saturated heterocycles. The fraction of sp³-hybridized carbons (Fsp3) is 0.463. The normalized spacial score (nSPS) is 17.4. The van der Waals surface area contributed by atoms with Gasteiger partial charge in [-0.1, -0.05) is 91.0 Å². The van der Waals surface area contributed by atoms with Crippen molar-refractivity contribution in [2.45, 2.75) is 89.5 Å². The van der Waals surface area contributed by atoms with Crippen LogP contribution >= 0.6 is 0 Å². The third kappa shape index (κ3) is 10.8. The van der Waals surface area contributed by atoms with Gasteiger partial charge >= 0.3 is 12.2 Å². The second-order valence-corrected chi connectivity index (χ2v) is 14.5. The number of likely N-dealkylation sites (tertiary alicyclic amines) is 2. The van der Waals surface area contributed by atoms with E-state index in [1.807, 2.05) is 91.0 Å². The molecule has 0 aliphatic carbocycles. The van der Waals surface area contributed by atoms with Crippen LogP contribution in [0.5, 0.6) is 0 Å². The van der Waals surface area contributed by atoms with Gasteiger partial charge in [-0.25, -0.2) is 9.59 Å². The van der Waals surface area contributed by atoms with Crippen LogP contribution in [-0.4, -0.2) is 77.7 Å². The summed E-state index contributed by atoms with van der Waals surface area (Å²) < 4.78 is 11.1. The molecule has 0 spiro atoms. The average molecular weight is 697 g/mol. The molecule has 272 valence electrons. The Morgan fingerprint density at radius 3 is 1.96 bits per heavy atom. The molecule has 0 unspecified atom stereocenters. The molecular formula is C41H52N4O6. The fourth-order valence-corrected chi connectivity index (χ4v) is 7.00. The van der Waals surface area contributed by atoms with Gasteiger partial charge in [0.2, 0.25) is 11.8 Å². The van der Waals surface area contributed by atoms with Gasteiger partial charge < -0.3 is 29.9 Å². The predicted octanol–water partition coefficient (Wildman–Crippen LogP) is 6.65. The van der Waals surface area contributed by atoms with E-state index in [1.165, 1.54) is 0 Å². The third-order valence-electron chi connectivity index (χ3n) is 9.61. The Balaban J connectivity index is 1.22. The molecule has 10 heteroatoms. The van der Waals surface area contributed by atoms with Gasteiger partial charge in [-0.2, -0.15) is 0 Å². The number of rotatable bonds is 11. The lowest BCUT2D eigenvalue weighted by Crippen LogP contribution is -2.59. The predicted molar refractivity (Wildman–Crippen MR) is 196 cm³/mol. The molecule has 0 bridgehead atoms. The number of nitrogens with one attached hydrogen (secondary N) is 2. The van der Waals surface area contributed by atoms with Gasteiger partial charge in [0.15, 0.2) is 0 Å². The number of hydrogen-bond acceptors (Lipinski definition) is 6. The Labute approximate surface area is 301 Å². The highest BCUT2D eigenvalue weighted by Gasteiger charge is 2.41. The minimum absolute atomic E-state index is 0.183. The minimum Gasteiger partial charge on any atom is -0.445 e. The van der Waals surface area contributed by atoms with Gasteiger partial charge in [0.25, 0.3) is 0 Å². The molecule has 51 heavy (non-hydrogen) atoms. The number of amides is 4. The number of benzene rings is 3. The van der Waals surface area contributed by atoms with E-state index < -0.39 is 29.7 Å². The van der Waals surface area contributed by atoms with E-state index in [-0.39, 0.29) is 24.5 Å². The van der Waals surface area contributed by atoms with Crippen LogP contribution in [0.3, 0.4) is 0 Å². The van der Waals surface area contributed by atoms with Crippen molar-refractivity contribution in [2.75, 3.05) is 26.2 Å². The first-order valence-corrected chi connectivity index (χ1v) is 18.2. The van der Waals surface area contributed by atoms with Crippen molar-refractivity contribution < 1.29 is 28.7 Å². The Hall–Kier alpha value is -4.86. The maximum absolute atomic E-state index is 14.7. The Morgan fingerprint density at radius 2 is 1.37 bits per heavy atom. The van der Waals surface area contributed by atoms with Crippen molar-refractivity contribution in [3.05, 3.63) is 108 Å². The highest BCUT2D eigenvalue weighted by Crippen LogP contribution is 2.31. The van der Waals surface area contributed by atoms with Crippen molar-refractivity contribution >= 4 is 24.0 Å². The van der Waals surface area contributed by atoms with Crippen molar-refractivity contribution in [1.29, 1.82) is 0 Å². The number of hydrogen-bond donors (Lipinski definition) is 2. The van der Waals surface area contributed by atoms with Crippen molar-refractivity contribution in [2.24, 2.45) is 5.92 Å². The molecule has 10 nitrogen and oxygen atoms in total. The summed E-state index contributed by atoms with van der Waals surface area (Å²) in [6, 6.07) is 27.3. The summed E-state index contributed by atoms with van der Waals surface area (Å²) in [5.41, 5.74) is 1.93. The number of nitrogens with zero attached hydrogens (tertiary/aromatic N) is 2. The zero-order chi connectivity index (χ0) is 36.2. The number of piperidine rings is 2. The topological polar surface area (TPSA) is 117 Å². The summed E-state index contributed by atoms with van der Waals surface area (Å²) in [6.45, 7) is 7.74. The van der Waals surface area contributed by atoms with Gasteiger partial charge in [0, 0.05) is 32.1 Å².